The number of likely N-dealkylation sites (tertiary alicyclic amines) is 2. The molecule has 2 aliphatic rings. The molecule has 3 rings (SSSR count). The lowest BCUT2D eigenvalue weighted by Gasteiger charge is -2.44. The second-order valence-corrected chi connectivity index (χ2v) is 7.29. The van der Waals surface area contributed by atoms with Gasteiger partial charge >= 0.3 is 6.03 Å². The summed E-state index contributed by atoms with van der Waals surface area (Å²) in [5.74, 6) is 0.810. The van der Waals surface area contributed by atoms with Gasteiger partial charge in [0.15, 0.2) is 0 Å². The molecule has 0 bridgehead atoms. The van der Waals surface area contributed by atoms with E-state index in [1.165, 1.54) is 0 Å². The van der Waals surface area contributed by atoms with E-state index in [-0.39, 0.29) is 11.9 Å². The zero-order valence-electron chi connectivity index (χ0n) is 16.4. The molecule has 7 nitrogen and oxygen atoms in total. The first-order valence-corrected chi connectivity index (χ1v) is 9.53. The Morgan fingerprint density at radius 3 is 2.63 bits per heavy atom. The van der Waals surface area contributed by atoms with Crippen molar-refractivity contribution in [3.63, 3.8) is 0 Å². The van der Waals surface area contributed by atoms with E-state index in [1.54, 1.807) is 19.1 Å². The molecule has 1 spiro atoms. The molecule has 0 aliphatic carbocycles. The summed E-state index contributed by atoms with van der Waals surface area (Å²) in [7, 11) is 3.25. The predicted molar refractivity (Wildman–Crippen MR) is 103 cm³/mol. The van der Waals surface area contributed by atoms with Gasteiger partial charge in [0, 0.05) is 32.4 Å². The molecular formula is C20H29N3O4. The van der Waals surface area contributed by atoms with E-state index in [0.29, 0.717) is 19.7 Å². The highest BCUT2D eigenvalue weighted by Crippen LogP contribution is 2.38. The minimum Gasteiger partial charge on any atom is -0.497 e. The Hall–Kier alpha value is -2.28. The molecule has 0 saturated carbocycles. The monoisotopic (exact) mass is 375 g/mol. The molecule has 0 aromatic heterocycles. The number of aryl methyl sites for hydroxylation is 1. The van der Waals surface area contributed by atoms with Crippen molar-refractivity contribution in [2.45, 2.75) is 38.1 Å². The summed E-state index contributed by atoms with van der Waals surface area (Å²) in [5.41, 5.74) is 0.950. The molecule has 7 heteroatoms. The van der Waals surface area contributed by atoms with E-state index >= 15 is 0 Å². The molecule has 27 heavy (non-hydrogen) atoms. The first kappa shape index (κ1) is 19.5. The van der Waals surface area contributed by atoms with Crippen LogP contribution in [0, 0.1) is 6.92 Å². The molecule has 2 fully saturated rings. The van der Waals surface area contributed by atoms with Crippen LogP contribution in [0.3, 0.4) is 0 Å². The molecule has 1 unspecified atom stereocenters. The average molecular weight is 375 g/mol. The van der Waals surface area contributed by atoms with Crippen molar-refractivity contribution in [2.75, 3.05) is 45.8 Å². The van der Waals surface area contributed by atoms with Crippen LogP contribution in [0.25, 0.3) is 0 Å². The highest BCUT2D eigenvalue weighted by Gasteiger charge is 2.52. The first-order valence-electron chi connectivity index (χ1n) is 9.53. The maximum absolute atomic E-state index is 13.2. The maximum atomic E-state index is 13.2. The average Bonchev–Trinajstić information content (AvgIpc) is 3.09. The van der Waals surface area contributed by atoms with Crippen molar-refractivity contribution in [1.29, 1.82) is 0 Å². The van der Waals surface area contributed by atoms with Crippen LogP contribution in [0.2, 0.25) is 0 Å². The van der Waals surface area contributed by atoms with Gasteiger partial charge in [-0.1, -0.05) is 0 Å². The molecule has 2 saturated heterocycles. The highest BCUT2D eigenvalue weighted by atomic mass is 16.5. The van der Waals surface area contributed by atoms with Gasteiger partial charge in [-0.05, 0) is 56.4 Å². The van der Waals surface area contributed by atoms with Gasteiger partial charge in [-0.15, -0.1) is 0 Å². The van der Waals surface area contributed by atoms with Gasteiger partial charge in [-0.3, -0.25) is 4.79 Å². The van der Waals surface area contributed by atoms with Gasteiger partial charge in [-0.25, -0.2) is 4.79 Å². The minimum absolute atomic E-state index is 0.0601. The molecule has 2 aliphatic heterocycles. The first-order chi connectivity index (χ1) is 13.0. The molecule has 1 aromatic rings. The molecule has 0 radical (unpaired) electrons. The Morgan fingerprint density at radius 2 is 1.96 bits per heavy atom. The van der Waals surface area contributed by atoms with Gasteiger partial charge in [0.1, 0.15) is 11.3 Å². The molecule has 1 aromatic carbocycles. The summed E-state index contributed by atoms with van der Waals surface area (Å²) >= 11 is 0. The highest BCUT2D eigenvalue weighted by molar-refractivity contribution is 5.97. The third-order valence-corrected chi connectivity index (χ3v) is 5.68. The second-order valence-electron chi connectivity index (χ2n) is 7.29. The zero-order valence-corrected chi connectivity index (χ0v) is 16.4. The molecule has 148 valence electrons. The summed E-state index contributed by atoms with van der Waals surface area (Å²) < 4.78 is 10.4. The fraction of sp³-hybridized carbons (Fsp3) is 0.600. The SMILES string of the molecule is COCCN1CCCC2(CCCN2C(=O)Nc2ccc(OC)cc2C)C1=O. The molecule has 2 heterocycles. The number of rotatable bonds is 5. The van der Waals surface area contributed by atoms with E-state index in [1.807, 2.05) is 30.0 Å². The molecule has 1 atom stereocenters. The summed E-state index contributed by atoms with van der Waals surface area (Å²) in [5, 5.41) is 2.99. The van der Waals surface area contributed by atoms with E-state index in [9.17, 15) is 9.59 Å². The van der Waals surface area contributed by atoms with Crippen LogP contribution in [-0.4, -0.2) is 67.7 Å². The molecule has 3 amide bonds. The third kappa shape index (κ3) is 3.74. The van der Waals surface area contributed by atoms with Crippen LogP contribution < -0.4 is 10.1 Å². The van der Waals surface area contributed by atoms with E-state index in [4.69, 9.17) is 9.47 Å². The summed E-state index contributed by atoms with van der Waals surface area (Å²) in [4.78, 5) is 29.8. The summed E-state index contributed by atoms with van der Waals surface area (Å²) in [6.07, 6.45) is 3.20. The van der Waals surface area contributed by atoms with Gasteiger partial charge < -0.3 is 24.6 Å². The van der Waals surface area contributed by atoms with E-state index < -0.39 is 5.54 Å². The number of hydrogen-bond acceptors (Lipinski definition) is 4. The van der Waals surface area contributed by atoms with Gasteiger partial charge in [0.25, 0.3) is 0 Å². The van der Waals surface area contributed by atoms with Crippen LogP contribution in [0.4, 0.5) is 10.5 Å². The van der Waals surface area contributed by atoms with E-state index in [2.05, 4.69) is 5.32 Å². The maximum Gasteiger partial charge on any atom is 0.322 e. The number of anilines is 1. The zero-order chi connectivity index (χ0) is 19.4. The number of carbonyl (C=O) groups is 2. The topological polar surface area (TPSA) is 71.1 Å². The van der Waals surface area contributed by atoms with Crippen LogP contribution in [0.15, 0.2) is 18.2 Å². The number of benzene rings is 1. The lowest BCUT2D eigenvalue weighted by molar-refractivity contribution is -0.146. The van der Waals surface area contributed by atoms with Gasteiger partial charge in [0.2, 0.25) is 5.91 Å². The van der Waals surface area contributed by atoms with Crippen LogP contribution in [-0.2, 0) is 9.53 Å². The van der Waals surface area contributed by atoms with Gasteiger partial charge in [-0.2, -0.15) is 0 Å². The number of piperidine rings is 1. The Labute approximate surface area is 160 Å². The van der Waals surface area contributed by atoms with Crippen molar-refractivity contribution in [2.24, 2.45) is 0 Å². The number of carbonyl (C=O) groups excluding carboxylic acids is 2. The Balaban J connectivity index is 1.77. The van der Waals surface area contributed by atoms with Crippen LogP contribution >= 0.6 is 0 Å². The quantitative estimate of drug-likeness (QED) is 0.859. The van der Waals surface area contributed by atoms with Crippen molar-refractivity contribution in [3.8, 4) is 5.75 Å². The van der Waals surface area contributed by atoms with Gasteiger partial charge in [0.05, 0.1) is 13.7 Å². The fourth-order valence-electron chi connectivity index (χ4n) is 4.22. The van der Waals surface area contributed by atoms with E-state index in [0.717, 1.165) is 49.2 Å². The lowest BCUT2D eigenvalue weighted by Crippen LogP contribution is -2.62. The standard InChI is InChI=1S/C20H29N3O4/c1-15-14-16(27-3)6-7-17(15)21-19(25)23-11-5-9-20(23)8-4-10-22(18(20)24)12-13-26-2/h6-7,14H,4-5,8-13H2,1-3H3,(H,21,25). The smallest absolute Gasteiger partial charge is 0.322 e. The number of urea groups is 1. The van der Waals surface area contributed by atoms with Crippen LogP contribution in [0.1, 0.15) is 31.2 Å². The summed E-state index contributed by atoms with van der Waals surface area (Å²) in [6, 6.07) is 5.33. The number of amides is 3. The molecular weight excluding hydrogens is 346 g/mol. The number of nitrogens with zero attached hydrogens (tertiary/aromatic N) is 2. The largest absolute Gasteiger partial charge is 0.497 e. The predicted octanol–water partition coefficient (Wildman–Crippen LogP) is 2.64. The van der Waals surface area contributed by atoms with Crippen molar-refractivity contribution in [1.82, 2.24) is 9.80 Å². The number of ether oxygens (including phenoxy) is 2. The Morgan fingerprint density at radius 1 is 1.22 bits per heavy atom. The lowest BCUT2D eigenvalue weighted by atomic mass is 9.85. The number of methoxy groups -OCH3 is 2. The minimum atomic E-state index is -0.712. The Kier molecular flexibility index (Phi) is 5.89. The summed E-state index contributed by atoms with van der Waals surface area (Å²) in [6.45, 7) is 4.35. The third-order valence-electron chi connectivity index (χ3n) is 5.68. The van der Waals surface area contributed by atoms with Crippen LogP contribution in [0.5, 0.6) is 5.75 Å². The molecule has 1 N–H and O–H groups in total. The van der Waals surface area contributed by atoms with Crippen molar-refractivity contribution >= 4 is 17.6 Å². The normalized spacial score (nSPS) is 22.4. The van der Waals surface area contributed by atoms with Crippen molar-refractivity contribution in [3.05, 3.63) is 23.8 Å². The second kappa shape index (κ2) is 8.17. The van der Waals surface area contributed by atoms with Crippen molar-refractivity contribution < 1.29 is 19.1 Å². The Bertz CT molecular complexity index is 708. The number of hydrogen-bond donors (Lipinski definition) is 1. The number of nitrogens with one attached hydrogen (secondary N) is 1. The fourth-order valence-corrected chi connectivity index (χ4v) is 4.22.